The van der Waals surface area contributed by atoms with Crippen LogP contribution in [-0.4, -0.2) is 21.0 Å². The van der Waals surface area contributed by atoms with Crippen molar-refractivity contribution in [3.63, 3.8) is 0 Å². The van der Waals surface area contributed by atoms with Gasteiger partial charge in [0.25, 0.3) is 0 Å². The van der Waals surface area contributed by atoms with Gasteiger partial charge in [-0.05, 0) is 29.8 Å². The first-order chi connectivity index (χ1) is 5.11. The Hall–Kier alpha value is -0.350. The third kappa shape index (κ3) is 2.04. The summed E-state index contributed by atoms with van der Waals surface area (Å²) in [5.41, 5.74) is 0. The number of aromatic nitrogens is 2. The zero-order chi connectivity index (χ0) is 8.43. The molecule has 0 saturated heterocycles. The monoisotopic (exact) mass is 218 g/mol. The first-order valence-corrected chi connectivity index (χ1v) is 4.28. The maximum atomic E-state index is 9.21. The summed E-state index contributed by atoms with van der Waals surface area (Å²) in [5.74, 6) is 0. The normalized spacial score (nSPS) is 16.4. The van der Waals surface area contributed by atoms with Crippen molar-refractivity contribution >= 4 is 15.9 Å². The van der Waals surface area contributed by atoms with Gasteiger partial charge in [0.15, 0.2) is 0 Å². The molecule has 0 fully saturated rings. The minimum absolute atomic E-state index is 0.0290. The Kier molecular flexibility index (Phi) is 2.67. The van der Waals surface area contributed by atoms with Crippen molar-refractivity contribution in [1.82, 2.24) is 9.78 Å². The average Bonchev–Trinajstić information content (AvgIpc) is 2.34. The highest BCUT2D eigenvalue weighted by Gasteiger charge is 2.10. The molecule has 0 unspecified atom stereocenters. The van der Waals surface area contributed by atoms with Gasteiger partial charge >= 0.3 is 0 Å². The summed E-state index contributed by atoms with van der Waals surface area (Å²) in [6.07, 6.45) is 3.18. The summed E-state index contributed by atoms with van der Waals surface area (Å²) in [4.78, 5) is 0. The molecule has 62 valence electrons. The molecule has 0 saturated carbocycles. The Labute approximate surface area is 74.2 Å². The van der Waals surface area contributed by atoms with E-state index in [0.29, 0.717) is 0 Å². The van der Waals surface area contributed by atoms with E-state index in [1.807, 2.05) is 13.1 Å². The number of hydrogen-bond acceptors (Lipinski definition) is 2. The fourth-order valence-electron chi connectivity index (χ4n) is 0.759. The Balaban J connectivity index is 2.76. The van der Waals surface area contributed by atoms with Crippen molar-refractivity contribution in [1.29, 1.82) is 0 Å². The Morgan fingerprint density at radius 2 is 2.27 bits per heavy atom. The van der Waals surface area contributed by atoms with E-state index in [9.17, 15) is 5.11 Å². The van der Waals surface area contributed by atoms with Gasteiger partial charge in [0, 0.05) is 6.20 Å². The van der Waals surface area contributed by atoms with Crippen molar-refractivity contribution in [2.45, 2.75) is 26.0 Å². The van der Waals surface area contributed by atoms with Crippen LogP contribution in [0, 0.1) is 0 Å². The second-order valence-corrected chi connectivity index (χ2v) is 3.54. The van der Waals surface area contributed by atoms with Crippen LogP contribution < -0.4 is 0 Å². The van der Waals surface area contributed by atoms with Gasteiger partial charge in [-0.25, -0.2) is 0 Å². The standard InChI is InChI=1S/C7H11BrN2O/c1-5(6(2)11)10-4-7(8)3-9-10/h3-6,11H,1-2H3/t5-,6-/m0/s1. The lowest BCUT2D eigenvalue weighted by Crippen LogP contribution is -2.18. The first-order valence-electron chi connectivity index (χ1n) is 3.49. The highest BCUT2D eigenvalue weighted by Crippen LogP contribution is 2.13. The second-order valence-electron chi connectivity index (χ2n) is 2.62. The minimum Gasteiger partial charge on any atom is -0.391 e. The van der Waals surface area contributed by atoms with E-state index in [-0.39, 0.29) is 12.1 Å². The molecule has 2 atom stereocenters. The summed E-state index contributed by atoms with van der Waals surface area (Å²) in [7, 11) is 0. The molecule has 0 spiro atoms. The van der Waals surface area contributed by atoms with Gasteiger partial charge in [-0.15, -0.1) is 0 Å². The van der Waals surface area contributed by atoms with Crippen LogP contribution in [0.5, 0.6) is 0 Å². The predicted octanol–water partition coefficient (Wildman–Crippen LogP) is 1.59. The van der Waals surface area contributed by atoms with E-state index in [0.717, 1.165) is 4.47 Å². The molecule has 1 heterocycles. The average molecular weight is 219 g/mol. The van der Waals surface area contributed by atoms with E-state index < -0.39 is 0 Å². The molecule has 1 N–H and O–H groups in total. The molecule has 0 aliphatic carbocycles. The van der Waals surface area contributed by atoms with Gasteiger partial charge < -0.3 is 5.11 Å². The summed E-state index contributed by atoms with van der Waals surface area (Å²) in [5, 5.41) is 13.3. The van der Waals surface area contributed by atoms with Crippen LogP contribution in [0.2, 0.25) is 0 Å². The Bertz CT molecular complexity index is 234. The largest absolute Gasteiger partial charge is 0.391 e. The van der Waals surface area contributed by atoms with Crippen LogP contribution in [-0.2, 0) is 0 Å². The number of rotatable bonds is 2. The van der Waals surface area contributed by atoms with E-state index in [2.05, 4.69) is 21.0 Å². The zero-order valence-electron chi connectivity index (χ0n) is 6.53. The maximum absolute atomic E-state index is 9.21. The number of hydrogen-bond donors (Lipinski definition) is 1. The number of aliphatic hydroxyl groups is 1. The van der Waals surface area contributed by atoms with Crippen LogP contribution in [0.1, 0.15) is 19.9 Å². The highest BCUT2D eigenvalue weighted by atomic mass is 79.9. The topological polar surface area (TPSA) is 38.0 Å². The fraction of sp³-hybridized carbons (Fsp3) is 0.571. The molecule has 0 radical (unpaired) electrons. The van der Waals surface area contributed by atoms with Crippen LogP contribution in [0.3, 0.4) is 0 Å². The molecule has 0 amide bonds. The molecular weight excluding hydrogens is 208 g/mol. The van der Waals surface area contributed by atoms with Crippen molar-refractivity contribution in [2.24, 2.45) is 0 Å². The lowest BCUT2D eigenvalue weighted by molar-refractivity contribution is 0.132. The highest BCUT2D eigenvalue weighted by molar-refractivity contribution is 9.10. The number of nitrogens with zero attached hydrogens (tertiary/aromatic N) is 2. The lowest BCUT2D eigenvalue weighted by Gasteiger charge is -2.14. The smallest absolute Gasteiger partial charge is 0.0747 e. The van der Waals surface area contributed by atoms with Crippen LogP contribution in [0.15, 0.2) is 16.9 Å². The van der Waals surface area contributed by atoms with Crippen LogP contribution in [0.25, 0.3) is 0 Å². The predicted molar refractivity (Wildman–Crippen MR) is 46.3 cm³/mol. The van der Waals surface area contributed by atoms with Crippen molar-refractivity contribution in [3.8, 4) is 0 Å². The molecule has 0 aromatic carbocycles. The SMILES string of the molecule is C[C@H](O)[C@H](C)n1cc(Br)cn1. The van der Waals surface area contributed by atoms with E-state index in [4.69, 9.17) is 0 Å². The molecule has 1 aromatic rings. The third-order valence-electron chi connectivity index (χ3n) is 1.69. The molecular formula is C7H11BrN2O. The van der Waals surface area contributed by atoms with Crippen LogP contribution in [0.4, 0.5) is 0 Å². The summed E-state index contributed by atoms with van der Waals surface area (Å²) in [6, 6.07) is 0.0290. The van der Waals surface area contributed by atoms with Gasteiger partial charge in [-0.2, -0.15) is 5.10 Å². The molecule has 0 bridgehead atoms. The Morgan fingerprint density at radius 3 is 2.64 bits per heavy atom. The quantitative estimate of drug-likeness (QED) is 0.820. The van der Waals surface area contributed by atoms with Gasteiger partial charge in [-0.3, -0.25) is 4.68 Å². The first kappa shape index (κ1) is 8.74. The van der Waals surface area contributed by atoms with Crippen LogP contribution >= 0.6 is 15.9 Å². The van der Waals surface area contributed by atoms with Crippen molar-refractivity contribution in [2.75, 3.05) is 0 Å². The third-order valence-corrected chi connectivity index (χ3v) is 2.09. The van der Waals surface area contributed by atoms with Crippen molar-refractivity contribution in [3.05, 3.63) is 16.9 Å². The van der Waals surface area contributed by atoms with Gasteiger partial charge in [0.1, 0.15) is 0 Å². The molecule has 1 aromatic heterocycles. The van der Waals surface area contributed by atoms with Gasteiger partial charge in [0.05, 0.1) is 22.8 Å². The summed E-state index contributed by atoms with van der Waals surface area (Å²) in [6.45, 7) is 3.67. The van der Waals surface area contributed by atoms with E-state index in [1.165, 1.54) is 0 Å². The van der Waals surface area contributed by atoms with E-state index >= 15 is 0 Å². The second kappa shape index (κ2) is 3.36. The maximum Gasteiger partial charge on any atom is 0.0747 e. The van der Waals surface area contributed by atoms with Crippen molar-refractivity contribution < 1.29 is 5.11 Å². The number of aliphatic hydroxyl groups excluding tert-OH is 1. The molecule has 4 heteroatoms. The van der Waals surface area contributed by atoms with Gasteiger partial charge in [-0.1, -0.05) is 0 Å². The summed E-state index contributed by atoms with van der Waals surface area (Å²) < 4.78 is 2.67. The minimum atomic E-state index is -0.373. The zero-order valence-corrected chi connectivity index (χ0v) is 8.12. The molecule has 1 rings (SSSR count). The van der Waals surface area contributed by atoms with Gasteiger partial charge in [0.2, 0.25) is 0 Å². The molecule has 3 nitrogen and oxygen atoms in total. The molecule has 0 aliphatic rings. The summed E-state index contributed by atoms with van der Waals surface area (Å²) >= 11 is 3.28. The molecule has 0 aliphatic heterocycles. The fourth-order valence-corrected chi connectivity index (χ4v) is 1.06. The Morgan fingerprint density at radius 1 is 1.64 bits per heavy atom. The number of halogens is 1. The van der Waals surface area contributed by atoms with E-state index in [1.54, 1.807) is 17.8 Å². The molecule has 11 heavy (non-hydrogen) atoms. The lowest BCUT2D eigenvalue weighted by atomic mass is 10.2.